The molecule has 2 unspecified atom stereocenters. The van der Waals surface area contributed by atoms with E-state index in [0.717, 1.165) is 12.1 Å². The summed E-state index contributed by atoms with van der Waals surface area (Å²) < 4.78 is 38.0. The molecule has 0 bridgehead atoms. The summed E-state index contributed by atoms with van der Waals surface area (Å²) in [5.41, 5.74) is -0.331. The zero-order valence-corrected chi connectivity index (χ0v) is 13.2. The quantitative estimate of drug-likeness (QED) is 0.871. The maximum Gasteiger partial charge on any atom is 0.416 e. The van der Waals surface area contributed by atoms with Crippen molar-refractivity contribution < 1.29 is 27.9 Å². The Kier molecular flexibility index (Phi) is 6.18. The van der Waals surface area contributed by atoms with Crippen LogP contribution in [-0.2, 0) is 22.2 Å². The van der Waals surface area contributed by atoms with Gasteiger partial charge in [0.25, 0.3) is 0 Å². The molecule has 0 saturated carbocycles. The number of hydrogen-bond acceptors (Lipinski definition) is 2. The summed E-state index contributed by atoms with van der Waals surface area (Å²) in [6, 6.07) is 4.87. The van der Waals surface area contributed by atoms with E-state index in [-0.39, 0.29) is 18.9 Å². The molecule has 4 nitrogen and oxygen atoms in total. The number of aliphatic carboxylic acids is 1. The second-order valence-corrected chi connectivity index (χ2v) is 5.76. The molecule has 0 saturated heterocycles. The fourth-order valence-corrected chi connectivity index (χ4v) is 2.27. The number of amides is 1. The van der Waals surface area contributed by atoms with Gasteiger partial charge in [-0.05, 0) is 18.1 Å². The number of halogens is 3. The molecule has 23 heavy (non-hydrogen) atoms. The van der Waals surface area contributed by atoms with Crippen LogP contribution in [0, 0.1) is 11.8 Å². The van der Waals surface area contributed by atoms with E-state index in [0.29, 0.717) is 5.56 Å². The highest BCUT2D eigenvalue weighted by Crippen LogP contribution is 2.30. The number of nitrogens with zero attached hydrogens (tertiary/aromatic N) is 1. The second-order valence-electron chi connectivity index (χ2n) is 5.76. The normalized spacial score (nSPS) is 14.2. The van der Waals surface area contributed by atoms with Crippen molar-refractivity contribution in [3.63, 3.8) is 0 Å². The molecule has 7 heteroatoms. The van der Waals surface area contributed by atoms with Gasteiger partial charge >= 0.3 is 12.1 Å². The van der Waals surface area contributed by atoms with Crippen LogP contribution in [-0.4, -0.2) is 35.5 Å². The van der Waals surface area contributed by atoms with Crippen LogP contribution >= 0.6 is 0 Å². The SMILES string of the molecule is CC(CN(C)C(=O)C(C)Cc1cccc(C(F)(F)F)c1)C(=O)O. The van der Waals surface area contributed by atoms with E-state index in [1.165, 1.54) is 24.9 Å². The third-order valence-electron chi connectivity index (χ3n) is 3.56. The first-order chi connectivity index (χ1) is 10.5. The second kappa shape index (κ2) is 7.48. The highest BCUT2D eigenvalue weighted by atomic mass is 19.4. The monoisotopic (exact) mass is 331 g/mol. The minimum atomic E-state index is -4.42. The Labute approximate surface area is 132 Å². The number of alkyl halides is 3. The van der Waals surface area contributed by atoms with Crippen molar-refractivity contribution in [2.75, 3.05) is 13.6 Å². The molecule has 0 aromatic heterocycles. The van der Waals surface area contributed by atoms with Gasteiger partial charge in [0.15, 0.2) is 0 Å². The fraction of sp³-hybridized carbons (Fsp3) is 0.500. The molecule has 0 aliphatic heterocycles. The molecule has 0 aliphatic carbocycles. The highest BCUT2D eigenvalue weighted by Gasteiger charge is 2.30. The molecule has 2 atom stereocenters. The van der Waals surface area contributed by atoms with E-state index in [1.54, 1.807) is 13.0 Å². The predicted octanol–water partition coefficient (Wildman–Crippen LogP) is 3.06. The summed E-state index contributed by atoms with van der Waals surface area (Å²) in [4.78, 5) is 24.3. The molecule has 0 radical (unpaired) electrons. The smallest absolute Gasteiger partial charge is 0.416 e. The molecular formula is C16H20F3NO3. The van der Waals surface area contributed by atoms with Crippen LogP contribution in [0.3, 0.4) is 0 Å². The predicted molar refractivity (Wildman–Crippen MR) is 78.7 cm³/mol. The number of carbonyl (C=O) groups is 2. The fourth-order valence-electron chi connectivity index (χ4n) is 2.27. The van der Waals surface area contributed by atoms with Crippen molar-refractivity contribution in [2.24, 2.45) is 11.8 Å². The van der Waals surface area contributed by atoms with Gasteiger partial charge in [-0.25, -0.2) is 0 Å². The van der Waals surface area contributed by atoms with E-state index in [2.05, 4.69) is 0 Å². The Hall–Kier alpha value is -2.05. The highest BCUT2D eigenvalue weighted by molar-refractivity contribution is 5.79. The third-order valence-corrected chi connectivity index (χ3v) is 3.56. The van der Waals surface area contributed by atoms with Crippen LogP contribution in [0.5, 0.6) is 0 Å². The number of carboxylic acid groups (broad SMARTS) is 1. The van der Waals surface area contributed by atoms with Crippen molar-refractivity contribution in [3.8, 4) is 0 Å². The van der Waals surface area contributed by atoms with Gasteiger partial charge in [0.05, 0.1) is 11.5 Å². The Bertz CT molecular complexity index is 572. The van der Waals surface area contributed by atoms with Gasteiger partial charge < -0.3 is 10.0 Å². The van der Waals surface area contributed by atoms with Gasteiger partial charge in [-0.2, -0.15) is 13.2 Å². The Morgan fingerprint density at radius 3 is 2.35 bits per heavy atom. The molecule has 1 N–H and O–H groups in total. The van der Waals surface area contributed by atoms with Crippen molar-refractivity contribution in [3.05, 3.63) is 35.4 Å². The van der Waals surface area contributed by atoms with Gasteiger partial charge in [-0.1, -0.05) is 32.0 Å². The minimum Gasteiger partial charge on any atom is -0.481 e. The Morgan fingerprint density at radius 1 is 1.22 bits per heavy atom. The first kappa shape index (κ1) is 19.0. The average molecular weight is 331 g/mol. The maximum absolute atomic E-state index is 12.7. The van der Waals surface area contributed by atoms with Gasteiger partial charge in [0.1, 0.15) is 0 Å². The summed E-state index contributed by atoms with van der Waals surface area (Å²) in [5, 5.41) is 8.85. The first-order valence-electron chi connectivity index (χ1n) is 7.16. The van der Waals surface area contributed by atoms with Crippen LogP contribution in [0.1, 0.15) is 25.0 Å². The van der Waals surface area contributed by atoms with Crippen LogP contribution in [0.15, 0.2) is 24.3 Å². The lowest BCUT2D eigenvalue weighted by Crippen LogP contribution is -2.37. The Morgan fingerprint density at radius 2 is 1.83 bits per heavy atom. The van der Waals surface area contributed by atoms with E-state index >= 15 is 0 Å². The molecule has 0 heterocycles. The number of benzene rings is 1. The van der Waals surface area contributed by atoms with Crippen molar-refractivity contribution in [1.82, 2.24) is 4.90 Å². The molecule has 1 amide bonds. The largest absolute Gasteiger partial charge is 0.481 e. The zero-order valence-electron chi connectivity index (χ0n) is 13.2. The minimum absolute atomic E-state index is 0.0566. The number of carboxylic acids is 1. The Balaban J connectivity index is 2.73. The van der Waals surface area contributed by atoms with Crippen LogP contribution < -0.4 is 0 Å². The summed E-state index contributed by atoms with van der Waals surface area (Å²) in [6.45, 7) is 3.16. The summed E-state index contributed by atoms with van der Waals surface area (Å²) in [7, 11) is 1.49. The van der Waals surface area contributed by atoms with Gasteiger partial charge in [-0.3, -0.25) is 9.59 Å². The summed E-state index contributed by atoms with van der Waals surface area (Å²) in [5.74, 6) is -2.54. The third kappa shape index (κ3) is 5.58. The average Bonchev–Trinajstić information content (AvgIpc) is 2.45. The van der Waals surface area contributed by atoms with Gasteiger partial charge in [0, 0.05) is 19.5 Å². The number of hydrogen-bond donors (Lipinski definition) is 1. The van der Waals surface area contributed by atoms with E-state index in [4.69, 9.17) is 5.11 Å². The van der Waals surface area contributed by atoms with E-state index in [9.17, 15) is 22.8 Å². The maximum atomic E-state index is 12.7. The number of carbonyl (C=O) groups excluding carboxylic acids is 1. The molecule has 0 fully saturated rings. The zero-order chi connectivity index (χ0) is 17.8. The lowest BCUT2D eigenvalue weighted by molar-refractivity contribution is -0.143. The van der Waals surface area contributed by atoms with Crippen molar-refractivity contribution in [1.29, 1.82) is 0 Å². The van der Waals surface area contributed by atoms with Crippen LogP contribution in [0.25, 0.3) is 0 Å². The van der Waals surface area contributed by atoms with Crippen LogP contribution in [0.4, 0.5) is 13.2 Å². The van der Waals surface area contributed by atoms with Gasteiger partial charge in [-0.15, -0.1) is 0 Å². The molecule has 128 valence electrons. The van der Waals surface area contributed by atoms with E-state index < -0.39 is 29.5 Å². The van der Waals surface area contributed by atoms with Crippen LogP contribution in [0.2, 0.25) is 0 Å². The molecule has 0 aliphatic rings. The summed E-state index contributed by atoms with van der Waals surface area (Å²) >= 11 is 0. The van der Waals surface area contributed by atoms with Crippen molar-refractivity contribution in [2.45, 2.75) is 26.4 Å². The number of rotatable bonds is 6. The molecule has 1 aromatic carbocycles. The first-order valence-corrected chi connectivity index (χ1v) is 7.16. The van der Waals surface area contributed by atoms with Gasteiger partial charge in [0.2, 0.25) is 5.91 Å². The lowest BCUT2D eigenvalue weighted by Gasteiger charge is -2.23. The molecular weight excluding hydrogens is 311 g/mol. The van der Waals surface area contributed by atoms with E-state index in [1.807, 2.05) is 0 Å². The standard InChI is InChI=1S/C16H20F3NO3/c1-10(14(21)20(3)9-11(2)15(22)23)7-12-5-4-6-13(8-12)16(17,18)19/h4-6,8,10-11H,7,9H2,1-3H3,(H,22,23). The summed E-state index contributed by atoms with van der Waals surface area (Å²) in [6.07, 6.45) is -4.26. The lowest BCUT2D eigenvalue weighted by atomic mass is 9.98. The molecule has 1 rings (SSSR count). The topological polar surface area (TPSA) is 57.6 Å². The molecule has 1 aromatic rings. The van der Waals surface area contributed by atoms with Crippen molar-refractivity contribution >= 4 is 11.9 Å². The molecule has 0 spiro atoms.